The molecule has 1 fully saturated rings. The van der Waals surface area contributed by atoms with Crippen molar-refractivity contribution in [2.45, 2.75) is 58.2 Å². The molecule has 0 aromatic carbocycles. The van der Waals surface area contributed by atoms with Crippen molar-refractivity contribution in [3.63, 3.8) is 0 Å². The van der Waals surface area contributed by atoms with Crippen molar-refractivity contribution in [2.75, 3.05) is 12.3 Å². The van der Waals surface area contributed by atoms with E-state index in [1.165, 1.54) is 12.8 Å². The van der Waals surface area contributed by atoms with Gasteiger partial charge in [-0.05, 0) is 18.6 Å². The molecule has 0 radical (unpaired) electrons. The van der Waals surface area contributed by atoms with Crippen LogP contribution in [0, 0.1) is 5.41 Å². The summed E-state index contributed by atoms with van der Waals surface area (Å²) in [6.07, 6.45) is 3.41. The fourth-order valence-electron chi connectivity index (χ4n) is 2.19. The quantitative estimate of drug-likeness (QED) is 0.812. The van der Waals surface area contributed by atoms with Gasteiger partial charge in [0, 0.05) is 16.7 Å². The first-order valence-corrected chi connectivity index (χ1v) is 8.08. The molecule has 0 aliphatic heterocycles. The number of carbonyl (C=O) groups excluding carboxylic acids is 2. The van der Waals surface area contributed by atoms with E-state index in [2.05, 4.69) is 17.6 Å². The van der Waals surface area contributed by atoms with Crippen molar-refractivity contribution in [1.82, 2.24) is 10.6 Å². The predicted molar refractivity (Wildman–Crippen MR) is 80.2 cm³/mol. The first-order valence-electron chi connectivity index (χ1n) is 7.04. The first kappa shape index (κ1) is 16.3. The molecule has 1 aliphatic carbocycles. The second-order valence-corrected chi connectivity index (χ2v) is 7.55. The van der Waals surface area contributed by atoms with Crippen LogP contribution in [0.2, 0.25) is 0 Å². The molecule has 2 unspecified atom stereocenters. The van der Waals surface area contributed by atoms with Gasteiger partial charge < -0.3 is 10.6 Å². The Balaban J connectivity index is 2.33. The van der Waals surface area contributed by atoms with Gasteiger partial charge in [0.15, 0.2) is 0 Å². The third-order valence-corrected chi connectivity index (χ3v) is 4.60. The zero-order chi connectivity index (χ0) is 14.5. The third-order valence-electron chi connectivity index (χ3n) is 3.27. The molecule has 5 heteroatoms. The lowest BCUT2D eigenvalue weighted by atomic mass is 9.96. The van der Waals surface area contributed by atoms with Gasteiger partial charge in [0.25, 0.3) is 0 Å². The Morgan fingerprint density at radius 2 is 1.95 bits per heavy atom. The van der Waals surface area contributed by atoms with Crippen molar-refractivity contribution in [2.24, 2.45) is 5.41 Å². The van der Waals surface area contributed by atoms with Crippen LogP contribution in [0.4, 0.5) is 0 Å². The Morgan fingerprint density at radius 1 is 1.26 bits per heavy atom. The average Bonchev–Trinajstić information content (AvgIpc) is 2.73. The summed E-state index contributed by atoms with van der Waals surface area (Å²) in [5.41, 5.74) is -0.450. The second kappa shape index (κ2) is 7.17. The van der Waals surface area contributed by atoms with Crippen molar-refractivity contribution in [3.05, 3.63) is 0 Å². The number of amides is 2. The molecule has 0 bridgehead atoms. The van der Waals surface area contributed by atoms with Gasteiger partial charge in [-0.15, -0.1) is 0 Å². The van der Waals surface area contributed by atoms with Gasteiger partial charge in [0.2, 0.25) is 11.8 Å². The van der Waals surface area contributed by atoms with Gasteiger partial charge in [-0.1, -0.05) is 34.1 Å². The standard InChI is InChI=1S/C14H26N2O2S/c1-5-19-11-8-6-7-10(11)16-12(17)9-15-13(18)14(2,3)4/h10-11H,5-9H2,1-4H3,(H,15,18)(H,16,17). The molecule has 19 heavy (non-hydrogen) atoms. The van der Waals surface area contributed by atoms with E-state index in [1.807, 2.05) is 32.5 Å². The molecule has 0 spiro atoms. The maximum Gasteiger partial charge on any atom is 0.239 e. The van der Waals surface area contributed by atoms with Crippen LogP contribution in [0.15, 0.2) is 0 Å². The smallest absolute Gasteiger partial charge is 0.239 e. The van der Waals surface area contributed by atoms with E-state index >= 15 is 0 Å². The van der Waals surface area contributed by atoms with E-state index < -0.39 is 5.41 Å². The minimum absolute atomic E-state index is 0.0776. The molecule has 110 valence electrons. The number of hydrogen-bond acceptors (Lipinski definition) is 3. The third kappa shape index (κ3) is 5.43. The fourth-order valence-corrected chi connectivity index (χ4v) is 3.39. The first-order chi connectivity index (χ1) is 8.84. The molecule has 2 amide bonds. The van der Waals surface area contributed by atoms with Crippen LogP contribution >= 0.6 is 11.8 Å². The second-order valence-electron chi connectivity index (χ2n) is 6.03. The summed E-state index contributed by atoms with van der Waals surface area (Å²) in [6.45, 7) is 7.74. The largest absolute Gasteiger partial charge is 0.351 e. The van der Waals surface area contributed by atoms with Crippen molar-refractivity contribution in [3.8, 4) is 0 Å². The lowest BCUT2D eigenvalue weighted by molar-refractivity contribution is -0.131. The lowest BCUT2D eigenvalue weighted by Crippen LogP contribution is -2.46. The summed E-state index contributed by atoms with van der Waals surface area (Å²) in [4.78, 5) is 23.5. The summed E-state index contributed by atoms with van der Waals surface area (Å²) >= 11 is 1.92. The number of thioether (sulfide) groups is 1. The van der Waals surface area contributed by atoms with Gasteiger partial charge in [-0.3, -0.25) is 9.59 Å². The van der Waals surface area contributed by atoms with Crippen LogP contribution in [0.25, 0.3) is 0 Å². The van der Waals surface area contributed by atoms with Crippen molar-refractivity contribution >= 4 is 23.6 Å². The highest BCUT2D eigenvalue weighted by Crippen LogP contribution is 2.29. The van der Waals surface area contributed by atoms with E-state index in [4.69, 9.17) is 0 Å². The SMILES string of the molecule is CCSC1CCCC1NC(=O)CNC(=O)C(C)(C)C. The number of nitrogens with one attached hydrogen (secondary N) is 2. The minimum Gasteiger partial charge on any atom is -0.351 e. The van der Waals surface area contributed by atoms with E-state index in [9.17, 15) is 9.59 Å². The molecule has 1 saturated carbocycles. The van der Waals surface area contributed by atoms with Crippen LogP contribution in [-0.4, -0.2) is 35.4 Å². The van der Waals surface area contributed by atoms with Gasteiger partial charge in [0.05, 0.1) is 6.54 Å². The summed E-state index contributed by atoms with van der Waals surface area (Å²) < 4.78 is 0. The Morgan fingerprint density at radius 3 is 2.53 bits per heavy atom. The molecule has 0 heterocycles. The van der Waals surface area contributed by atoms with E-state index in [0.29, 0.717) is 5.25 Å². The zero-order valence-corrected chi connectivity index (χ0v) is 13.2. The van der Waals surface area contributed by atoms with Crippen molar-refractivity contribution in [1.29, 1.82) is 0 Å². The molecule has 1 rings (SSSR count). The molecule has 0 aromatic rings. The van der Waals surface area contributed by atoms with Gasteiger partial charge >= 0.3 is 0 Å². The maximum absolute atomic E-state index is 11.8. The summed E-state index contributed by atoms with van der Waals surface area (Å²) in [6, 6.07) is 0.268. The summed E-state index contributed by atoms with van der Waals surface area (Å²) in [5, 5.41) is 6.27. The molecule has 2 N–H and O–H groups in total. The Bertz CT molecular complexity index is 326. The van der Waals surface area contributed by atoms with Crippen LogP contribution in [0.3, 0.4) is 0 Å². The monoisotopic (exact) mass is 286 g/mol. The molecular formula is C14H26N2O2S. The van der Waals surface area contributed by atoms with E-state index in [1.54, 1.807) is 0 Å². The number of carbonyl (C=O) groups is 2. The normalized spacial score (nSPS) is 23.2. The Kier molecular flexibility index (Phi) is 6.17. The zero-order valence-electron chi connectivity index (χ0n) is 12.4. The predicted octanol–water partition coefficient (Wildman–Crippen LogP) is 1.94. The van der Waals surface area contributed by atoms with Crippen LogP contribution in [0.1, 0.15) is 47.0 Å². The molecular weight excluding hydrogens is 260 g/mol. The molecule has 1 aliphatic rings. The Hall–Kier alpha value is -0.710. The van der Waals surface area contributed by atoms with Gasteiger partial charge in [0.1, 0.15) is 0 Å². The van der Waals surface area contributed by atoms with Crippen LogP contribution in [-0.2, 0) is 9.59 Å². The number of hydrogen-bond donors (Lipinski definition) is 2. The van der Waals surface area contributed by atoms with Gasteiger partial charge in [-0.2, -0.15) is 11.8 Å². The highest BCUT2D eigenvalue weighted by molar-refractivity contribution is 7.99. The van der Waals surface area contributed by atoms with Gasteiger partial charge in [-0.25, -0.2) is 0 Å². The van der Waals surface area contributed by atoms with Crippen LogP contribution < -0.4 is 10.6 Å². The van der Waals surface area contributed by atoms with Crippen molar-refractivity contribution < 1.29 is 9.59 Å². The van der Waals surface area contributed by atoms with E-state index in [-0.39, 0.29) is 24.4 Å². The minimum atomic E-state index is -0.450. The van der Waals surface area contributed by atoms with E-state index in [0.717, 1.165) is 12.2 Å². The highest BCUT2D eigenvalue weighted by atomic mass is 32.2. The molecule has 4 nitrogen and oxygen atoms in total. The summed E-state index contributed by atoms with van der Waals surface area (Å²) in [5.74, 6) is 0.914. The average molecular weight is 286 g/mol. The molecule has 2 atom stereocenters. The molecule has 0 aromatic heterocycles. The summed E-state index contributed by atoms with van der Waals surface area (Å²) in [7, 11) is 0. The lowest BCUT2D eigenvalue weighted by Gasteiger charge is -2.21. The molecule has 0 saturated heterocycles. The highest BCUT2D eigenvalue weighted by Gasteiger charge is 2.28. The topological polar surface area (TPSA) is 58.2 Å². The van der Waals surface area contributed by atoms with Crippen LogP contribution in [0.5, 0.6) is 0 Å². The fraction of sp³-hybridized carbons (Fsp3) is 0.857. The maximum atomic E-state index is 11.8. The number of rotatable bonds is 5. The Labute approximate surface area is 120 Å².